The van der Waals surface area contributed by atoms with E-state index in [1.165, 1.54) is 5.56 Å². The molecule has 0 unspecified atom stereocenters. The molecular formula is C12H16BrClN2O. The molecule has 94 valence electrons. The van der Waals surface area contributed by atoms with Crippen LogP contribution in [0.2, 0.25) is 5.02 Å². The van der Waals surface area contributed by atoms with Crippen LogP contribution in [0.5, 0.6) is 0 Å². The molecule has 0 bridgehead atoms. The van der Waals surface area contributed by atoms with Gasteiger partial charge in [0.05, 0.1) is 0 Å². The predicted molar refractivity (Wildman–Crippen MR) is 73.9 cm³/mol. The molecule has 0 spiro atoms. The Labute approximate surface area is 115 Å². The summed E-state index contributed by atoms with van der Waals surface area (Å²) in [7, 11) is 0. The SMILES string of the molecule is NC(=O)CCCCNCc1ccc(Cl)cc1Br. The lowest BCUT2D eigenvalue weighted by Gasteiger charge is -2.07. The Bertz CT molecular complexity index is 385. The number of hydrogen-bond donors (Lipinski definition) is 2. The van der Waals surface area contributed by atoms with Gasteiger partial charge in [-0.05, 0) is 37.1 Å². The first-order valence-electron chi connectivity index (χ1n) is 5.52. The Balaban J connectivity index is 2.20. The summed E-state index contributed by atoms with van der Waals surface area (Å²) in [6.07, 6.45) is 2.25. The zero-order valence-corrected chi connectivity index (χ0v) is 11.9. The molecule has 0 radical (unpaired) electrons. The molecule has 3 nitrogen and oxygen atoms in total. The van der Waals surface area contributed by atoms with Gasteiger partial charge in [-0.3, -0.25) is 4.79 Å². The second-order valence-electron chi connectivity index (χ2n) is 3.84. The van der Waals surface area contributed by atoms with E-state index in [1.54, 1.807) is 0 Å². The number of carbonyl (C=O) groups excluding carboxylic acids is 1. The molecule has 0 heterocycles. The Morgan fingerprint density at radius 3 is 2.82 bits per heavy atom. The lowest BCUT2D eigenvalue weighted by atomic mass is 10.2. The Kier molecular flexibility index (Phi) is 6.55. The number of halogens is 2. The minimum absolute atomic E-state index is 0.231. The normalized spacial score (nSPS) is 10.5. The van der Waals surface area contributed by atoms with Gasteiger partial charge in [0.15, 0.2) is 0 Å². The molecule has 17 heavy (non-hydrogen) atoms. The third-order valence-corrected chi connectivity index (χ3v) is 3.33. The summed E-state index contributed by atoms with van der Waals surface area (Å²) in [5, 5.41) is 4.03. The maximum atomic E-state index is 10.5. The first kappa shape index (κ1) is 14.5. The average Bonchev–Trinajstić information content (AvgIpc) is 2.25. The highest BCUT2D eigenvalue weighted by molar-refractivity contribution is 9.10. The highest BCUT2D eigenvalue weighted by Crippen LogP contribution is 2.21. The minimum Gasteiger partial charge on any atom is -0.370 e. The van der Waals surface area contributed by atoms with Gasteiger partial charge in [-0.25, -0.2) is 0 Å². The number of rotatable bonds is 7. The molecular weight excluding hydrogens is 304 g/mol. The lowest BCUT2D eigenvalue weighted by molar-refractivity contribution is -0.118. The van der Waals surface area contributed by atoms with Crippen LogP contribution < -0.4 is 11.1 Å². The predicted octanol–water partition coefficient (Wildman–Crippen LogP) is 2.85. The second-order valence-corrected chi connectivity index (χ2v) is 5.13. The number of benzene rings is 1. The molecule has 3 N–H and O–H groups in total. The van der Waals surface area contributed by atoms with E-state index in [0.717, 1.165) is 35.4 Å². The van der Waals surface area contributed by atoms with Gasteiger partial charge in [0.25, 0.3) is 0 Å². The smallest absolute Gasteiger partial charge is 0.217 e. The molecule has 0 aliphatic heterocycles. The van der Waals surface area contributed by atoms with Gasteiger partial charge in [0, 0.05) is 22.5 Å². The van der Waals surface area contributed by atoms with Gasteiger partial charge in [-0.15, -0.1) is 0 Å². The fourth-order valence-corrected chi connectivity index (χ4v) is 2.26. The van der Waals surface area contributed by atoms with Crippen LogP contribution in [-0.2, 0) is 11.3 Å². The van der Waals surface area contributed by atoms with Crippen molar-refractivity contribution >= 4 is 33.4 Å². The van der Waals surface area contributed by atoms with E-state index >= 15 is 0 Å². The van der Waals surface area contributed by atoms with Crippen LogP contribution in [0.1, 0.15) is 24.8 Å². The summed E-state index contributed by atoms with van der Waals surface area (Å²) < 4.78 is 1.01. The fourth-order valence-electron chi connectivity index (χ4n) is 1.44. The highest BCUT2D eigenvalue weighted by atomic mass is 79.9. The fraction of sp³-hybridized carbons (Fsp3) is 0.417. The number of hydrogen-bond acceptors (Lipinski definition) is 2. The Morgan fingerprint density at radius 1 is 1.41 bits per heavy atom. The van der Waals surface area contributed by atoms with Crippen LogP contribution in [0.15, 0.2) is 22.7 Å². The first-order valence-corrected chi connectivity index (χ1v) is 6.69. The van der Waals surface area contributed by atoms with Crippen LogP contribution >= 0.6 is 27.5 Å². The second kappa shape index (κ2) is 7.69. The van der Waals surface area contributed by atoms with E-state index in [9.17, 15) is 4.79 Å². The van der Waals surface area contributed by atoms with Crippen molar-refractivity contribution in [1.82, 2.24) is 5.32 Å². The third-order valence-electron chi connectivity index (χ3n) is 2.36. The highest BCUT2D eigenvalue weighted by Gasteiger charge is 2.00. The Hall–Kier alpha value is -0.580. The van der Waals surface area contributed by atoms with E-state index in [0.29, 0.717) is 6.42 Å². The number of nitrogens with one attached hydrogen (secondary N) is 1. The van der Waals surface area contributed by atoms with Gasteiger partial charge in [-0.2, -0.15) is 0 Å². The number of unbranched alkanes of at least 4 members (excludes halogenated alkanes) is 1. The van der Waals surface area contributed by atoms with Gasteiger partial charge in [0.1, 0.15) is 0 Å². The number of amides is 1. The van der Waals surface area contributed by atoms with E-state index in [1.807, 2.05) is 18.2 Å². The van der Waals surface area contributed by atoms with Gasteiger partial charge in [0.2, 0.25) is 5.91 Å². The van der Waals surface area contributed by atoms with Gasteiger partial charge in [-0.1, -0.05) is 33.6 Å². The molecule has 0 atom stereocenters. The van der Waals surface area contributed by atoms with Crippen LogP contribution in [0.4, 0.5) is 0 Å². The molecule has 1 amide bonds. The molecule has 1 rings (SSSR count). The topological polar surface area (TPSA) is 55.1 Å². The standard InChI is InChI=1S/C12H16BrClN2O/c13-11-7-10(14)5-4-9(11)8-16-6-2-1-3-12(15)17/h4-5,7,16H,1-3,6,8H2,(H2,15,17). The first-order chi connectivity index (χ1) is 8.09. The summed E-state index contributed by atoms with van der Waals surface area (Å²) >= 11 is 9.32. The van der Waals surface area contributed by atoms with E-state index in [4.69, 9.17) is 17.3 Å². The largest absolute Gasteiger partial charge is 0.370 e. The van der Waals surface area contributed by atoms with Crippen molar-refractivity contribution in [3.8, 4) is 0 Å². The van der Waals surface area contributed by atoms with Crippen molar-refractivity contribution in [2.75, 3.05) is 6.54 Å². The van der Waals surface area contributed by atoms with Crippen molar-refractivity contribution < 1.29 is 4.79 Å². The zero-order chi connectivity index (χ0) is 12.7. The van der Waals surface area contributed by atoms with Crippen molar-refractivity contribution in [3.05, 3.63) is 33.3 Å². The summed E-state index contributed by atoms with van der Waals surface area (Å²) in [6, 6.07) is 5.74. The van der Waals surface area contributed by atoms with Crippen molar-refractivity contribution in [1.29, 1.82) is 0 Å². The number of carbonyl (C=O) groups is 1. The molecule has 0 aliphatic carbocycles. The van der Waals surface area contributed by atoms with E-state index in [2.05, 4.69) is 21.2 Å². The molecule has 0 aromatic heterocycles. The maximum Gasteiger partial charge on any atom is 0.217 e. The summed E-state index contributed by atoms with van der Waals surface area (Å²) in [5.74, 6) is -0.231. The zero-order valence-electron chi connectivity index (χ0n) is 9.51. The maximum absolute atomic E-state index is 10.5. The molecule has 1 aromatic carbocycles. The number of nitrogens with two attached hydrogens (primary N) is 1. The van der Waals surface area contributed by atoms with Crippen molar-refractivity contribution in [2.24, 2.45) is 5.73 Å². The monoisotopic (exact) mass is 318 g/mol. The van der Waals surface area contributed by atoms with Crippen LogP contribution in [0.3, 0.4) is 0 Å². The molecule has 0 saturated carbocycles. The van der Waals surface area contributed by atoms with E-state index in [-0.39, 0.29) is 5.91 Å². The van der Waals surface area contributed by atoms with Crippen LogP contribution in [0.25, 0.3) is 0 Å². The summed E-state index contributed by atoms with van der Waals surface area (Å²) in [4.78, 5) is 10.5. The van der Waals surface area contributed by atoms with Crippen molar-refractivity contribution in [2.45, 2.75) is 25.8 Å². The van der Waals surface area contributed by atoms with E-state index < -0.39 is 0 Å². The Morgan fingerprint density at radius 2 is 2.18 bits per heavy atom. The molecule has 0 fully saturated rings. The number of primary amides is 1. The van der Waals surface area contributed by atoms with Crippen molar-refractivity contribution in [3.63, 3.8) is 0 Å². The van der Waals surface area contributed by atoms with Gasteiger partial charge < -0.3 is 11.1 Å². The minimum atomic E-state index is -0.231. The van der Waals surface area contributed by atoms with Crippen LogP contribution in [0, 0.1) is 0 Å². The van der Waals surface area contributed by atoms with Crippen LogP contribution in [-0.4, -0.2) is 12.5 Å². The summed E-state index contributed by atoms with van der Waals surface area (Å²) in [6.45, 7) is 1.66. The molecule has 1 aromatic rings. The average molecular weight is 320 g/mol. The summed E-state index contributed by atoms with van der Waals surface area (Å²) in [5.41, 5.74) is 6.22. The third kappa shape index (κ3) is 6.05. The van der Waals surface area contributed by atoms with Gasteiger partial charge >= 0.3 is 0 Å². The lowest BCUT2D eigenvalue weighted by Crippen LogP contribution is -2.16. The molecule has 5 heteroatoms. The molecule has 0 aliphatic rings. The molecule has 0 saturated heterocycles. The quantitative estimate of drug-likeness (QED) is 0.759.